The zero-order chi connectivity index (χ0) is 12.5. The lowest BCUT2D eigenvalue weighted by Gasteiger charge is -2.32. The van der Waals surface area contributed by atoms with Gasteiger partial charge in [0.05, 0.1) is 6.10 Å². The van der Waals surface area contributed by atoms with Gasteiger partial charge in [0.2, 0.25) is 5.92 Å². The molecule has 17 heavy (non-hydrogen) atoms. The molecular weight excluding hydrogens is 222 g/mol. The van der Waals surface area contributed by atoms with Crippen molar-refractivity contribution in [1.82, 2.24) is 0 Å². The molecule has 1 aromatic carbocycles. The monoisotopic (exact) mass is 240 g/mol. The molecule has 2 rings (SSSR count). The summed E-state index contributed by atoms with van der Waals surface area (Å²) in [6.45, 7) is 1.94. The average molecular weight is 240 g/mol. The third kappa shape index (κ3) is 3.03. The van der Waals surface area contributed by atoms with Gasteiger partial charge in [-0.3, -0.25) is 0 Å². The number of aryl methyl sites for hydroxylation is 1. The van der Waals surface area contributed by atoms with E-state index in [9.17, 15) is 13.9 Å². The van der Waals surface area contributed by atoms with Crippen molar-refractivity contribution in [3.8, 4) is 0 Å². The van der Waals surface area contributed by atoms with Crippen molar-refractivity contribution in [2.75, 3.05) is 0 Å². The highest BCUT2D eigenvalue weighted by molar-refractivity contribution is 5.24. The number of rotatable bonds is 2. The van der Waals surface area contributed by atoms with Crippen molar-refractivity contribution in [2.45, 2.75) is 44.6 Å². The zero-order valence-electron chi connectivity index (χ0n) is 10.00. The number of hydrogen-bond acceptors (Lipinski definition) is 1. The van der Waals surface area contributed by atoms with Gasteiger partial charge in [-0.25, -0.2) is 8.78 Å². The molecule has 94 valence electrons. The predicted octanol–water partition coefficient (Wildman–Crippen LogP) is 3.85. The molecule has 0 saturated heterocycles. The summed E-state index contributed by atoms with van der Waals surface area (Å²) in [4.78, 5) is 0. The second-order valence-electron chi connectivity index (χ2n) is 5.07. The summed E-state index contributed by atoms with van der Waals surface area (Å²) >= 11 is 0. The molecule has 2 atom stereocenters. The van der Waals surface area contributed by atoms with Gasteiger partial charge in [-0.05, 0) is 31.2 Å². The maximum atomic E-state index is 13.3. The van der Waals surface area contributed by atoms with Gasteiger partial charge in [0, 0.05) is 12.8 Å². The number of alkyl halides is 2. The van der Waals surface area contributed by atoms with Crippen LogP contribution in [0, 0.1) is 12.8 Å². The Hall–Kier alpha value is -0.960. The second kappa shape index (κ2) is 4.73. The fourth-order valence-electron chi connectivity index (χ4n) is 2.61. The number of aliphatic hydroxyl groups is 1. The number of benzene rings is 1. The van der Waals surface area contributed by atoms with E-state index in [1.165, 1.54) is 0 Å². The molecule has 1 fully saturated rings. The van der Waals surface area contributed by atoms with Crippen LogP contribution in [0.15, 0.2) is 24.3 Å². The lowest BCUT2D eigenvalue weighted by Crippen LogP contribution is -2.29. The van der Waals surface area contributed by atoms with E-state index in [0.29, 0.717) is 12.8 Å². The van der Waals surface area contributed by atoms with Crippen molar-refractivity contribution in [3.05, 3.63) is 35.4 Å². The van der Waals surface area contributed by atoms with Crippen LogP contribution < -0.4 is 0 Å². The lowest BCUT2D eigenvalue weighted by atomic mass is 9.80. The Morgan fingerprint density at radius 1 is 1.41 bits per heavy atom. The summed E-state index contributed by atoms with van der Waals surface area (Å²) in [5.41, 5.74) is 1.80. The van der Waals surface area contributed by atoms with Crippen LogP contribution >= 0.6 is 0 Å². The molecular formula is C14H18F2O. The van der Waals surface area contributed by atoms with Crippen LogP contribution in [-0.2, 0) is 0 Å². The maximum absolute atomic E-state index is 13.3. The SMILES string of the molecule is Cc1cccc(C(O)C2CCCC(F)(F)C2)c1. The third-order valence-electron chi connectivity index (χ3n) is 3.51. The molecule has 2 unspecified atom stereocenters. The molecule has 1 aliphatic carbocycles. The Labute approximate surface area is 100 Å². The van der Waals surface area contributed by atoms with Crippen LogP contribution in [0.1, 0.15) is 42.9 Å². The molecule has 1 saturated carbocycles. The van der Waals surface area contributed by atoms with Crippen molar-refractivity contribution >= 4 is 0 Å². The molecule has 0 heterocycles. The summed E-state index contributed by atoms with van der Waals surface area (Å²) in [6.07, 6.45) is 0.193. The van der Waals surface area contributed by atoms with E-state index in [1.807, 2.05) is 31.2 Å². The van der Waals surface area contributed by atoms with Gasteiger partial charge >= 0.3 is 0 Å². The molecule has 0 aromatic heterocycles. The Kier molecular flexibility index (Phi) is 3.48. The summed E-state index contributed by atoms with van der Waals surface area (Å²) in [7, 11) is 0. The molecule has 0 amide bonds. The fourth-order valence-corrected chi connectivity index (χ4v) is 2.61. The first-order valence-corrected chi connectivity index (χ1v) is 6.10. The smallest absolute Gasteiger partial charge is 0.248 e. The fraction of sp³-hybridized carbons (Fsp3) is 0.571. The Bertz CT molecular complexity index is 390. The number of halogens is 2. The predicted molar refractivity (Wildman–Crippen MR) is 63.0 cm³/mol. The van der Waals surface area contributed by atoms with Gasteiger partial charge in [0.1, 0.15) is 0 Å². The zero-order valence-corrected chi connectivity index (χ0v) is 10.00. The Morgan fingerprint density at radius 3 is 2.82 bits per heavy atom. The highest BCUT2D eigenvalue weighted by Gasteiger charge is 2.39. The van der Waals surface area contributed by atoms with Crippen LogP contribution in [0.4, 0.5) is 8.78 Å². The highest BCUT2D eigenvalue weighted by Crippen LogP contribution is 2.42. The summed E-state index contributed by atoms with van der Waals surface area (Å²) in [5.74, 6) is -2.92. The van der Waals surface area contributed by atoms with Gasteiger partial charge in [-0.15, -0.1) is 0 Å². The molecule has 0 spiro atoms. The first-order valence-electron chi connectivity index (χ1n) is 6.10. The number of hydrogen-bond donors (Lipinski definition) is 1. The maximum Gasteiger partial charge on any atom is 0.248 e. The van der Waals surface area contributed by atoms with Crippen LogP contribution in [0.5, 0.6) is 0 Å². The quantitative estimate of drug-likeness (QED) is 0.832. The van der Waals surface area contributed by atoms with Crippen LogP contribution in [0.25, 0.3) is 0 Å². The first kappa shape index (κ1) is 12.5. The molecule has 0 bridgehead atoms. The molecule has 3 heteroatoms. The molecule has 1 N–H and O–H groups in total. The molecule has 1 aliphatic rings. The second-order valence-corrected chi connectivity index (χ2v) is 5.07. The minimum Gasteiger partial charge on any atom is -0.388 e. The summed E-state index contributed by atoms with van der Waals surface area (Å²) in [5, 5.41) is 10.2. The standard InChI is InChI=1S/C14H18F2O/c1-10-4-2-5-11(8-10)13(17)12-6-3-7-14(15,16)9-12/h2,4-5,8,12-13,17H,3,6-7,9H2,1H3. The van der Waals surface area contributed by atoms with E-state index in [0.717, 1.165) is 11.1 Å². The molecule has 1 nitrogen and oxygen atoms in total. The normalized spacial score (nSPS) is 25.5. The average Bonchev–Trinajstić information content (AvgIpc) is 2.26. The van der Waals surface area contributed by atoms with Crippen molar-refractivity contribution in [3.63, 3.8) is 0 Å². The lowest BCUT2D eigenvalue weighted by molar-refractivity contribution is -0.0761. The van der Waals surface area contributed by atoms with E-state index in [1.54, 1.807) is 0 Å². The van der Waals surface area contributed by atoms with E-state index in [-0.39, 0.29) is 18.8 Å². The molecule has 1 aromatic rings. The minimum absolute atomic E-state index is 0.0377. The van der Waals surface area contributed by atoms with Gasteiger partial charge in [-0.2, -0.15) is 0 Å². The largest absolute Gasteiger partial charge is 0.388 e. The Morgan fingerprint density at radius 2 is 2.18 bits per heavy atom. The summed E-state index contributed by atoms with van der Waals surface area (Å²) in [6, 6.07) is 7.47. The topological polar surface area (TPSA) is 20.2 Å². The van der Waals surface area contributed by atoms with Gasteiger partial charge in [0.15, 0.2) is 0 Å². The van der Waals surface area contributed by atoms with Crippen LogP contribution in [0.3, 0.4) is 0 Å². The van der Waals surface area contributed by atoms with Crippen LogP contribution in [-0.4, -0.2) is 11.0 Å². The van der Waals surface area contributed by atoms with Crippen molar-refractivity contribution < 1.29 is 13.9 Å². The third-order valence-corrected chi connectivity index (χ3v) is 3.51. The molecule has 0 radical (unpaired) electrons. The summed E-state index contributed by atoms with van der Waals surface area (Å²) < 4.78 is 26.6. The van der Waals surface area contributed by atoms with Gasteiger partial charge < -0.3 is 5.11 Å². The van der Waals surface area contributed by atoms with E-state index in [4.69, 9.17) is 0 Å². The van der Waals surface area contributed by atoms with Crippen LogP contribution in [0.2, 0.25) is 0 Å². The molecule has 0 aliphatic heterocycles. The van der Waals surface area contributed by atoms with Gasteiger partial charge in [0.25, 0.3) is 0 Å². The Balaban J connectivity index is 2.12. The van der Waals surface area contributed by atoms with E-state index >= 15 is 0 Å². The minimum atomic E-state index is -2.60. The highest BCUT2D eigenvalue weighted by atomic mass is 19.3. The van der Waals surface area contributed by atoms with Gasteiger partial charge in [-0.1, -0.05) is 29.8 Å². The van der Waals surface area contributed by atoms with E-state index < -0.39 is 12.0 Å². The first-order chi connectivity index (χ1) is 7.98. The van der Waals surface area contributed by atoms with Crippen molar-refractivity contribution in [1.29, 1.82) is 0 Å². The number of aliphatic hydroxyl groups excluding tert-OH is 1. The van der Waals surface area contributed by atoms with E-state index in [2.05, 4.69) is 0 Å². The van der Waals surface area contributed by atoms with Crippen molar-refractivity contribution in [2.24, 2.45) is 5.92 Å².